The molecule has 0 saturated heterocycles. The second kappa shape index (κ2) is 6.75. The van der Waals surface area contributed by atoms with E-state index in [0.29, 0.717) is 12.3 Å². The number of nitrogens with zero attached hydrogens (tertiary/aromatic N) is 3. The molecule has 0 fully saturated rings. The minimum atomic E-state index is -0.937. The number of hydrogen-bond acceptors (Lipinski definition) is 6. The van der Waals surface area contributed by atoms with Gasteiger partial charge in [-0.05, 0) is 26.0 Å². The Morgan fingerprint density at radius 3 is 2.71 bits per heavy atom. The Kier molecular flexibility index (Phi) is 4.69. The van der Waals surface area contributed by atoms with E-state index in [1.54, 1.807) is 27.2 Å². The van der Waals surface area contributed by atoms with Crippen LogP contribution in [0.4, 0.5) is 11.5 Å². The zero-order valence-electron chi connectivity index (χ0n) is 14.4. The fourth-order valence-electron chi connectivity index (χ4n) is 2.78. The van der Waals surface area contributed by atoms with E-state index in [9.17, 15) is 5.11 Å². The summed E-state index contributed by atoms with van der Waals surface area (Å²) in [6.07, 6.45) is 3.64. The Balaban J connectivity index is 1.90. The Morgan fingerprint density at radius 2 is 2.04 bits per heavy atom. The molecule has 0 aromatic carbocycles. The molecule has 3 heterocycles. The molecule has 3 rings (SSSR count). The quantitative estimate of drug-likeness (QED) is 0.877. The van der Waals surface area contributed by atoms with Gasteiger partial charge in [0.05, 0.1) is 18.0 Å². The van der Waals surface area contributed by atoms with Gasteiger partial charge < -0.3 is 20.1 Å². The second-order valence-corrected chi connectivity index (χ2v) is 6.49. The van der Waals surface area contributed by atoms with Crippen molar-refractivity contribution in [2.45, 2.75) is 19.4 Å². The molecule has 1 aliphatic heterocycles. The number of aromatic nitrogens is 2. The molecule has 128 valence electrons. The summed E-state index contributed by atoms with van der Waals surface area (Å²) < 4.78 is 5.20. The lowest BCUT2D eigenvalue weighted by Crippen LogP contribution is -2.36. The number of methoxy groups -OCH3 is 1. The van der Waals surface area contributed by atoms with Crippen LogP contribution in [0.3, 0.4) is 0 Å². The van der Waals surface area contributed by atoms with Gasteiger partial charge in [-0.2, -0.15) is 0 Å². The van der Waals surface area contributed by atoms with Gasteiger partial charge >= 0.3 is 0 Å². The molecule has 0 spiro atoms. The van der Waals surface area contributed by atoms with E-state index in [-0.39, 0.29) is 0 Å². The first-order chi connectivity index (χ1) is 11.5. The van der Waals surface area contributed by atoms with Crippen LogP contribution in [0.15, 0.2) is 30.6 Å². The van der Waals surface area contributed by atoms with Crippen molar-refractivity contribution in [3.05, 3.63) is 36.3 Å². The molecule has 0 unspecified atom stereocenters. The minimum absolute atomic E-state index is 0.653. The maximum atomic E-state index is 10.0. The first-order valence-corrected chi connectivity index (χ1v) is 8.16. The molecule has 2 aromatic rings. The van der Waals surface area contributed by atoms with Gasteiger partial charge in [-0.25, -0.2) is 4.98 Å². The lowest BCUT2D eigenvalue weighted by atomic mass is 10.0. The van der Waals surface area contributed by atoms with Gasteiger partial charge in [-0.15, -0.1) is 0 Å². The highest BCUT2D eigenvalue weighted by Gasteiger charge is 2.20. The Bertz CT molecular complexity index is 695. The monoisotopic (exact) mass is 328 g/mol. The Labute approximate surface area is 142 Å². The third kappa shape index (κ3) is 3.49. The molecule has 6 nitrogen and oxygen atoms in total. The number of aliphatic hydroxyl groups is 1. The third-order valence-electron chi connectivity index (χ3n) is 4.17. The molecule has 0 saturated carbocycles. The van der Waals surface area contributed by atoms with Crippen LogP contribution < -0.4 is 10.2 Å². The van der Waals surface area contributed by atoms with Gasteiger partial charge in [0.15, 0.2) is 0 Å². The molecule has 0 aliphatic carbocycles. The van der Waals surface area contributed by atoms with Gasteiger partial charge in [0.1, 0.15) is 11.4 Å². The lowest BCUT2D eigenvalue weighted by molar-refractivity contribution is 0.0739. The van der Waals surface area contributed by atoms with E-state index in [1.807, 2.05) is 18.3 Å². The molecule has 0 bridgehead atoms. The van der Waals surface area contributed by atoms with Gasteiger partial charge in [-0.1, -0.05) is 6.07 Å². The summed E-state index contributed by atoms with van der Waals surface area (Å²) in [6, 6.07) is 5.96. The number of fused-ring (bicyclic) bond motifs is 1. The summed E-state index contributed by atoms with van der Waals surface area (Å²) in [5.74, 6) is 0.905. The number of anilines is 2. The zero-order chi connectivity index (χ0) is 17.2. The van der Waals surface area contributed by atoms with Crippen LogP contribution in [0, 0.1) is 0 Å². The number of pyridine rings is 2. The fraction of sp³-hybridized carbons (Fsp3) is 0.444. The third-order valence-corrected chi connectivity index (χ3v) is 4.17. The summed E-state index contributed by atoms with van der Waals surface area (Å²) in [4.78, 5) is 11.2. The van der Waals surface area contributed by atoms with Crippen molar-refractivity contribution in [3.8, 4) is 11.1 Å². The highest BCUT2D eigenvalue weighted by atomic mass is 16.5. The Morgan fingerprint density at radius 1 is 1.25 bits per heavy atom. The van der Waals surface area contributed by atoms with Crippen molar-refractivity contribution in [1.29, 1.82) is 0 Å². The number of ether oxygens (including phenoxy) is 1. The van der Waals surface area contributed by atoms with Gasteiger partial charge in [0, 0.05) is 50.3 Å². The standard InChI is InChI=1S/C18H24N4O2/c1-18(2,23)16-5-4-13(11-20-16)14-10-15-17(21-12-14)19-6-7-22(15)8-9-24-3/h4-5,10-12,23H,6-9H2,1-3H3,(H,19,21). The van der Waals surface area contributed by atoms with Crippen LogP contribution >= 0.6 is 0 Å². The van der Waals surface area contributed by atoms with E-state index in [2.05, 4.69) is 26.3 Å². The van der Waals surface area contributed by atoms with Crippen LogP contribution in [0.5, 0.6) is 0 Å². The smallest absolute Gasteiger partial charge is 0.149 e. The van der Waals surface area contributed by atoms with Crippen LogP contribution in [0.2, 0.25) is 0 Å². The van der Waals surface area contributed by atoms with Crippen LogP contribution in [-0.4, -0.2) is 48.4 Å². The number of rotatable bonds is 5. The van der Waals surface area contributed by atoms with Crippen molar-refractivity contribution in [1.82, 2.24) is 9.97 Å². The molecule has 2 aromatic heterocycles. The second-order valence-electron chi connectivity index (χ2n) is 6.49. The van der Waals surface area contributed by atoms with E-state index < -0.39 is 5.60 Å². The van der Waals surface area contributed by atoms with Crippen LogP contribution in [0.25, 0.3) is 11.1 Å². The largest absolute Gasteiger partial charge is 0.384 e. The average molecular weight is 328 g/mol. The van der Waals surface area contributed by atoms with Gasteiger partial charge in [-0.3, -0.25) is 4.98 Å². The summed E-state index contributed by atoms with van der Waals surface area (Å²) >= 11 is 0. The Hall–Kier alpha value is -2.18. The number of nitrogens with one attached hydrogen (secondary N) is 1. The predicted octanol–water partition coefficient (Wildman–Crippen LogP) is 2.25. The van der Waals surface area contributed by atoms with Gasteiger partial charge in [0.2, 0.25) is 0 Å². The van der Waals surface area contributed by atoms with Crippen LogP contribution in [0.1, 0.15) is 19.5 Å². The van der Waals surface area contributed by atoms with Crippen molar-refractivity contribution < 1.29 is 9.84 Å². The first-order valence-electron chi connectivity index (χ1n) is 8.16. The van der Waals surface area contributed by atoms with Gasteiger partial charge in [0.25, 0.3) is 0 Å². The predicted molar refractivity (Wildman–Crippen MR) is 95.3 cm³/mol. The van der Waals surface area contributed by atoms with Crippen molar-refractivity contribution >= 4 is 11.5 Å². The number of hydrogen-bond donors (Lipinski definition) is 2. The molecule has 2 N–H and O–H groups in total. The highest BCUT2D eigenvalue weighted by molar-refractivity contribution is 5.75. The molecule has 24 heavy (non-hydrogen) atoms. The molecule has 0 atom stereocenters. The topological polar surface area (TPSA) is 70.5 Å². The molecular weight excluding hydrogens is 304 g/mol. The van der Waals surface area contributed by atoms with E-state index in [1.165, 1.54) is 0 Å². The average Bonchev–Trinajstić information content (AvgIpc) is 2.59. The summed E-state index contributed by atoms with van der Waals surface area (Å²) in [5.41, 5.74) is 2.79. The van der Waals surface area contributed by atoms with E-state index in [4.69, 9.17) is 4.74 Å². The lowest BCUT2D eigenvalue weighted by Gasteiger charge is -2.31. The maximum absolute atomic E-state index is 10.0. The zero-order valence-corrected chi connectivity index (χ0v) is 14.4. The fourth-order valence-corrected chi connectivity index (χ4v) is 2.78. The molecule has 1 aliphatic rings. The minimum Gasteiger partial charge on any atom is -0.384 e. The summed E-state index contributed by atoms with van der Waals surface area (Å²) in [5, 5.41) is 13.4. The molecule has 0 radical (unpaired) electrons. The van der Waals surface area contributed by atoms with Crippen LogP contribution in [-0.2, 0) is 10.3 Å². The van der Waals surface area contributed by atoms with Crippen molar-refractivity contribution in [2.75, 3.05) is 43.6 Å². The highest BCUT2D eigenvalue weighted by Crippen LogP contribution is 2.31. The maximum Gasteiger partial charge on any atom is 0.149 e. The first kappa shape index (κ1) is 16.7. The normalized spacial score (nSPS) is 14.2. The van der Waals surface area contributed by atoms with Crippen molar-refractivity contribution in [2.24, 2.45) is 0 Å². The molecular formula is C18H24N4O2. The van der Waals surface area contributed by atoms with Crippen molar-refractivity contribution in [3.63, 3.8) is 0 Å². The summed E-state index contributed by atoms with van der Waals surface area (Å²) in [7, 11) is 1.72. The molecule has 0 amide bonds. The SMILES string of the molecule is COCCN1CCNc2ncc(-c3ccc(C(C)(C)O)nc3)cc21. The van der Waals surface area contributed by atoms with E-state index >= 15 is 0 Å². The summed E-state index contributed by atoms with van der Waals surface area (Å²) in [6.45, 7) is 6.80. The molecule has 6 heteroatoms. The van der Waals surface area contributed by atoms with E-state index in [0.717, 1.165) is 42.3 Å².